The van der Waals surface area contributed by atoms with Gasteiger partial charge in [-0.2, -0.15) is 0 Å². The lowest BCUT2D eigenvalue weighted by atomic mass is 10.2. The fourth-order valence-corrected chi connectivity index (χ4v) is 2.70. The summed E-state index contributed by atoms with van der Waals surface area (Å²) in [4.78, 5) is 17.6. The number of anilines is 1. The fraction of sp³-hybridized carbons (Fsp3) is 0.286. The maximum absolute atomic E-state index is 11.2. The van der Waals surface area contributed by atoms with Crippen LogP contribution in [0.5, 0.6) is 0 Å². The highest BCUT2D eigenvalue weighted by Crippen LogP contribution is 2.27. The molecule has 5 heteroatoms. The zero-order chi connectivity index (χ0) is 13.4. The van der Waals surface area contributed by atoms with Crippen molar-refractivity contribution in [3.63, 3.8) is 0 Å². The van der Waals surface area contributed by atoms with Crippen LogP contribution in [0.3, 0.4) is 0 Å². The van der Waals surface area contributed by atoms with Crippen LogP contribution in [0.2, 0.25) is 5.02 Å². The maximum atomic E-state index is 11.2. The van der Waals surface area contributed by atoms with Gasteiger partial charge in [-0.1, -0.05) is 17.7 Å². The average Bonchev–Trinajstić information content (AvgIpc) is 2.87. The van der Waals surface area contributed by atoms with E-state index in [1.165, 1.54) is 0 Å². The molecule has 4 nitrogen and oxygen atoms in total. The number of aliphatic carboxylic acids is 1. The molecule has 1 atom stereocenters. The van der Waals surface area contributed by atoms with Crippen LogP contribution < -0.4 is 4.90 Å². The molecule has 0 amide bonds. The molecule has 0 bridgehead atoms. The topological polar surface area (TPSA) is 53.4 Å². The Kier molecular flexibility index (Phi) is 3.03. The van der Waals surface area contributed by atoms with Crippen LogP contribution in [0.4, 0.5) is 5.82 Å². The normalized spacial score (nSPS) is 19.0. The quantitative estimate of drug-likeness (QED) is 0.916. The molecular formula is C14H13ClN2O2. The zero-order valence-corrected chi connectivity index (χ0v) is 11.0. The number of carboxylic acid groups (broad SMARTS) is 1. The Morgan fingerprint density at radius 1 is 1.37 bits per heavy atom. The highest BCUT2D eigenvalue weighted by Gasteiger charge is 2.31. The molecule has 1 aliphatic heterocycles. The number of carboxylic acids is 1. The van der Waals surface area contributed by atoms with Crippen LogP contribution in [0, 0.1) is 0 Å². The van der Waals surface area contributed by atoms with Gasteiger partial charge in [-0.25, -0.2) is 9.78 Å². The van der Waals surface area contributed by atoms with Gasteiger partial charge in [0, 0.05) is 17.0 Å². The van der Waals surface area contributed by atoms with Crippen molar-refractivity contribution in [2.45, 2.75) is 18.9 Å². The van der Waals surface area contributed by atoms with Gasteiger partial charge in [-0.3, -0.25) is 0 Å². The largest absolute Gasteiger partial charge is 0.480 e. The van der Waals surface area contributed by atoms with Gasteiger partial charge in [-0.15, -0.1) is 0 Å². The van der Waals surface area contributed by atoms with Gasteiger partial charge in [0.1, 0.15) is 11.9 Å². The standard InChI is InChI=1S/C14H13ClN2O2/c15-10-5-3-9-4-6-13(16-11(9)8-10)17-7-1-2-12(17)14(18)19/h3-6,8,12H,1-2,7H2,(H,18,19). The van der Waals surface area contributed by atoms with Gasteiger partial charge in [-0.05, 0) is 37.1 Å². The molecule has 0 saturated carbocycles. The van der Waals surface area contributed by atoms with Crippen LogP contribution in [-0.4, -0.2) is 28.6 Å². The van der Waals surface area contributed by atoms with E-state index in [0.717, 1.165) is 23.9 Å². The molecule has 1 saturated heterocycles. The van der Waals surface area contributed by atoms with E-state index < -0.39 is 12.0 Å². The van der Waals surface area contributed by atoms with Crippen LogP contribution in [0.25, 0.3) is 10.9 Å². The van der Waals surface area contributed by atoms with Gasteiger partial charge < -0.3 is 10.0 Å². The van der Waals surface area contributed by atoms with Crippen LogP contribution >= 0.6 is 11.6 Å². The molecule has 0 spiro atoms. The number of hydrogen-bond donors (Lipinski definition) is 1. The third-order valence-electron chi connectivity index (χ3n) is 3.47. The average molecular weight is 277 g/mol. The number of fused-ring (bicyclic) bond motifs is 1. The molecule has 2 aromatic rings. The molecule has 1 aliphatic rings. The lowest BCUT2D eigenvalue weighted by Crippen LogP contribution is -2.36. The summed E-state index contributed by atoms with van der Waals surface area (Å²) in [5, 5.41) is 10.8. The van der Waals surface area contributed by atoms with Crippen molar-refractivity contribution >= 4 is 34.3 Å². The van der Waals surface area contributed by atoms with E-state index in [1.54, 1.807) is 6.07 Å². The minimum absolute atomic E-state index is 0.468. The number of rotatable bonds is 2. The van der Waals surface area contributed by atoms with Gasteiger partial charge in [0.05, 0.1) is 5.52 Å². The van der Waals surface area contributed by atoms with E-state index in [-0.39, 0.29) is 0 Å². The molecule has 1 unspecified atom stereocenters. The van der Waals surface area contributed by atoms with E-state index in [4.69, 9.17) is 11.6 Å². The zero-order valence-electron chi connectivity index (χ0n) is 10.2. The summed E-state index contributed by atoms with van der Waals surface area (Å²) >= 11 is 5.96. The highest BCUT2D eigenvalue weighted by molar-refractivity contribution is 6.31. The molecule has 3 rings (SSSR count). The van der Waals surface area contributed by atoms with Gasteiger partial charge in [0.25, 0.3) is 0 Å². The third kappa shape index (κ3) is 2.24. The molecule has 19 heavy (non-hydrogen) atoms. The van der Waals surface area contributed by atoms with Crippen molar-refractivity contribution in [2.75, 3.05) is 11.4 Å². The van der Waals surface area contributed by atoms with Crippen molar-refractivity contribution < 1.29 is 9.90 Å². The first-order valence-electron chi connectivity index (χ1n) is 6.21. The molecule has 0 aliphatic carbocycles. The lowest BCUT2D eigenvalue weighted by Gasteiger charge is -2.22. The Morgan fingerprint density at radius 3 is 2.95 bits per heavy atom. The molecular weight excluding hydrogens is 264 g/mol. The second-order valence-electron chi connectivity index (χ2n) is 4.70. The van der Waals surface area contributed by atoms with Crippen LogP contribution in [0.1, 0.15) is 12.8 Å². The van der Waals surface area contributed by atoms with E-state index >= 15 is 0 Å². The smallest absolute Gasteiger partial charge is 0.326 e. The minimum Gasteiger partial charge on any atom is -0.480 e. The molecule has 1 aromatic carbocycles. The highest BCUT2D eigenvalue weighted by atomic mass is 35.5. The number of aromatic nitrogens is 1. The fourth-order valence-electron chi connectivity index (χ4n) is 2.54. The summed E-state index contributed by atoms with van der Waals surface area (Å²) in [6.45, 7) is 0.732. The van der Waals surface area contributed by atoms with Gasteiger partial charge >= 0.3 is 5.97 Å². The van der Waals surface area contributed by atoms with E-state index in [2.05, 4.69) is 4.98 Å². The second kappa shape index (κ2) is 4.70. The first kappa shape index (κ1) is 12.2. The summed E-state index contributed by atoms with van der Waals surface area (Å²) in [6.07, 6.45) is 1.55. The maximum Gasteiger partial charge on any atom is 0.326 e. The predicted octanol–water partition coefficient (Wildman–Crippen LogP) is 2.94. The number of nitrogens with zero attached hydrogens (tertiary/aromatic N) is 2. The summed E-state index contributed by atoms with van der Waals surface area (Å²) < 4.78 is 0. The molecule has 1 aromatic heterocycles. The SMILES string of the molecule is O=C(O)C1CCCN1c1ccc2ccc(Cl)cc2n1. The van der Waals surface area contributed by atoms with Gasteiger partial charge in [0.15, 0.2) is 0 Å². The Balaban J connectivity index is 2.03. The summed E-state index contributed by atoms with van der Waals surface area (Å²) in [6, 6.07) is 8.88. The van der Waals surface area contributed by atoms with Gasteiger partial charge in [0.2, 0.25) is 0 Å². The number of halogens is 1. The van der Waals surface area contributed by atoms with Crippen molar-refractivity contribution in [1.82, 2.24) is 4.98 Å². The molecule has 98 valence electrons. The van der Waals surface area contributed by atoms with E-state index in [9.17, 15) is 9.90 Å². The van der Waals surface area contributed by atoms with Crippen molar-refractivity contribution in [2.24, 2.45) is 0 Å². The number of pyridine rings is 1. The summed E-state index contributed by atoms with van der Waals surface area (Å²) in [5.74, 6) is -0.0786. The third-order valence-corrected chi connectivity index (χ3v) is 3.71. The number of carbonyl (C=O) groups is 1. The van der Waals surface area contributed by atoms with E-state index in [0.29, 0.717) is 17.3 Å². The van der Waals surface area contributed by atoms with Crippen LogP contribution in [-0.2, 0) is 4.79 Å². The Morgan fingerprint density at radius 2 is 2.16 bits per heavy atom. The minimum atomic E-state index is -0.787. The molecule has 1 N–H and O–H groups in total. The number of benzene rings is 1. The number of hydrogen-bond acceptors (Lipinski definition) is 3. The first-order chi connectivity index (χ1) is 9.15. The van der Waals surface area contributed by atoms with Crippen molar-refractivity contribution in [3.05, 3.63) is 35.4 Å². The monoisotopic (exact) mass is 276 g/mol. The molecule has 0 radical (unpaired) electrons. The van der Waals surface area contributed by atoms with E-state index in [1.807, 2.05) is 29.2 Å². The Hall–Kier alpha value is -1.81. The first-order valence-corrected chi connectivity index (χ1v) is 6.59. The molecule has 2 heterocycles. The second-order valence-corrected chi connectivity index (χ2v) is 5.13. The Bertz CT molecular complexity index is 644. The lowest BCUT2D eigenvalue weighted by molar-refractivity contribution is -0.138. The van der Waals surface area contributed by atoms with Crippen LogP contribution in [0.15, 0.2) is 30.3 Å². The summed E-state index contributed by atoms with van der Waals surface area (Å²) in [7, 11) is 0. The van der Waals surface area contributed by atoms with Crippen molar-refractivity contribution in [1.29, 1.82) is 0 Å². The van der Waals surface area contributed by atoms with Crippen molar-refractivity contribution in [3.8, 4) is 0 Å². The summed E-state index contributed by atoms with van der Waals surface area (Å²) in [5.41, 5.74) is 0.793. The predicted molar refractivity (Wildman–Crippen MR) is 74.8 cm³/mol. The Labute approximate surface area is 115 Å². The molecule has 1 fully saturated rings.